The average Bonchev–Trinajstić information content (AvgIpc) is 3.14. The van der Waals surface area contributed by atoms with E-state index in [0.717, 1.165) is 11.1 Å². The molecule has 32 heavy (non-hydrogen) atoms. The van der Waals surface area contributed by atoms with Gasteiger partial charge in [0.1, 0.15) is 0 Å². The summed E-state index contributed by atoms with van der Waals surface area (Å²) in [5.74, 6) is -0.615. The molecule has 166 valence electrons. The number of carbonyl (C=O) groups is 1. The van der Waals surface area contributed by atoms with Crippen LogP contribution in [0.3, 0.4) is 0 Å². The fourth-order valence-corrected chi connectivity index (χ4v) is 5.83. The van der Waals surface area contributed by atoms with Crippen LogP contribution in [0.1, 0.15) is 30.0 Å². The summed E-state index contributed by atoms with van der Waals surface area (Å²) < 4.78 is 28.9. The van der Waals surface area contributed by atoms with Gasteiger partial charge in [0.15, 0.2) is 0 Å². The number of hydrogen-bond donors (Lipinski definition) is 1. The highest BCUT2D eigenvalue weighted by Gasteiger charge is 2.48. The third-order valence-electron chi connectivity index (χ3n) is 5.31. The van der Waals surface area contributed by atoms with Gasteiger partial charge < -0.3 is 0 Å². The van der Waals surface area contributed by atoms with Crippen molar-refractivity contribution in [1.29, 1.82) is 0 Å². The van der Waals surface area contributed by atoms with Gasteiger partial charge in [-0.3, -0.25) is 10.2 Å². The quantitative estimate of drug-likeness (QED) is 0.559. The van der Waals surface area contributed by atoms with E-state index in [1.54, 1.807) is 12.1 Å². The highest BCUT2D eigenvalue weighted by Crippen LogP contribution is 2.45. The zero-order valence-electron chi connectivity index (χ0n) is 17.2. The molecule has 1 N–H and O–H groups in total. The standard InChI is InChI=1S/C23H21Cl2N3O3S/c1-16(29)26-27-15-22(17-5-3-2-4-6-17)23(18-7-9-19(24)10-8-18)28(27)32(30,31)21-13-11-20(25)12-14-21/h2-14,22-23H,15H2,1H3,(H,26,29). The van der Waals surface area contributed by atoms with E-state index < -0.39 is 16.1 Å². The molecule has 0 radical (unpaired) electrons. The van der Waals surface area contributed by atoms with Crippen molar-refractivity contribution in [2.24, 2.45) is 0 Å². The van der Waals surface area contributed by atoms with Crippen molar-refractivity contribution in [3.8, 4) is 0 Å². The molecule has 0 saturated carbocycles. The Bertz CT molecular complexity index is 1200. The number of hydrogen-bond acceptors (Lipinski definition) is 4. The third-order valence-corrected chi connectivity index (χ3v) is 7.60. The van der Waals surface area contributed by atoms with Gasteiger partial charge in [0.2, 0.25) is 5.91 Å². The molecule has 2 unspecified atom stereocenters. The van der Waals surface area contributed by atoms with Crippen molar-refractivity contribution < 1.29 is 13.2 Å². The third kappa shape index (κ3) is 4.53. The maximum Gasteiger partial charge on any atom is 0.258 e. The lowest BCUT2D eigenvalue weighted by Crippen LogP contribution is -2.51. The molecule has 1 saturated heterocycles. The van der Waals surface area contributed by atoms with Crippen LogP contribution in [-0.4, -0.2) is 30.4 Å². The first-order chi connectivity index (χ1) is 15.3. The van der Waals surface area contributed by atoms with Crippen LogP contribution in [0.5, 0.6) is 0 Å². The molecule has 3 aromatic rings. The number of hydrazine groups is 2. The molecule has 0 aromatic heterocycles. The molecule has 9 heteroatoms. The SMILES string of the molecule is CC(=O)NN1CC(c2ccccc2)C(c2ccc(Cl)cc2)N1S(=O)(=O)c1ccc(Cl)cc1. The smallest absolute Gasteiger partial charge is 0.258 e. The Balaban J connectivity index is 1.89. The van der Waals surface area contributed by atoms with Crippen LogP contribution in [0.15, 0.2) is 83.8 Å². The fraction of sp³-hybridized carbons (Fsp3) is 0.174. The first-order valence-electron chi connectivity index (χ1n) is 9.92. The molecule has 1 fully saturated rings. The summed E-state index contributed by atoms with van der Waals surface area (Å²) in [4.78, 5) is 12.0. The number of carbonyl (C=O) groups excluding carboxylic acids is 1. The molecule has 2 atom stereocenters. The second kappa shape index (κ2) is 9.21. The molecule has 3 aromatic carbocycles. The molecular weight excluding hydrogens is 469 g/mol. The second-order valence-corrected chi connectivity index (χ2v) is 10.2. The van der Waals surface area contributed by atoms with Gasteiger partial charge in [-0.25, -0.2) is 8.42 Å². The van der Waals surface area contributed by atoms with Crippen molar-refractivity contribution >= 4 is 39.1 Å². The van der Waals surface area contributed by atoms with Crippen LogP contribution in [0.2, 0.25) is 10.0 Å². The van der Waals surface area contributed by atoms with Crippen LogP contribution in [0.4, 0.5) is 0 Å². The Morgan fingerprint density at radius 3 is 2.00 bits per heavy atom. The predicted molar refractivity (Wildman–Crippen MR) is 124 cm³/mol. The van der Waals surface area contributed by atoms with Gasteiger partial charge in [0.05, 0.1) is 10.9 Å². The molecule has 1 aliphatic rings. The zero-order chi connectivity index (χ0) is 22.9. The van der Waals surface area contributed by atoms with Gasteiger partial charge in [-0.2, -0.15) is 0 Å². The van der Waals surface area contributed by atoms with Crippen LogP contribution >= 0.6 is 23.2 Å². The summed E-state index contributed by atoms with van der Waals surface area (Å²) in [6.07, 6.45) is 0. The largest absolute Gasteiger partial charge is 0.274 e. The molecule has 4 rings (SSSR count). The lowest BCUT2D eigenvalue weighted by atomic mass is 9.89. The Labute approximate surface area is 197 Å². The molecule has 0 spiro atoms. The molecule has 1 aliphatic heterocycles. The number of halogens is 2. The van der Waals surface area contributed by atoms with E-state index in [1.165, 1.54) is 40.7 Å². The minimum Gasteiger partial charge on any atom is -0.274 e. The summed E-state index contributed by atoms with van der Waals surface area (Å²) in [6.45, 7) is 1.62. The Hall–Kier alpha value is -2.42. The van der Waals surface area contributed by atoms with Gasteiger partial charge in [-0.15, -0.1) is 9.53 Å². The van der Waals surface area contributed by atoms with E-state index in [-0.39, 0.29) is 23.3 Å². The summed E-state index contributed by atoms with van der Waals surface area (Å²) in [7, 11) is -4.05. The summed E-state index contributed by atoms with van der Waals surface area (Å²) >= 11 is 12.1. The van der Waals surface area contributed by atoms with Gasteiger partial charge in [0, 0.05) is 29.4 Å². The van der Waals surface area contributed by atoms with E-state index in [9.17, 15) is 13.2 Å². The summed E-state index contributed by atoms with van der Waals surface area (Å²) in [5.41, 5.74) is 4.39. The Morgan fingerprint density at radius 1 is 0.875 bits per heavy atom. The highest BCUT2D eigenvalue weighted by molar-refractivity contribution is 7.89. The lowest BCUT2D eigenvalue weighted by Gasteiger charge is -2.32. The van der Waals surface area contributed by atoms with Gasteiger partial charge >= 0.3 is 0 Å². The van der Waals surface area contributed by atoms with E-state index in [2.05, 4.69) is 5.43 Å². The van der Waals surface area contributed by atoms with E-state index in [0.29, 0.717) is 10.0 Å². The van der Waals surface area contributed by atoms with Gasteiger partial charge in [-0.05, 0) is 47.5 Å². The normalized spacial score (nSPS) is 19.7. The molecule has 0 bridgehead atoms. The fourth-order valence-electron chi connectivity index (χ4n) is 3.95. The first kappa shape index (κ1) is 22.8. The average molecular weight is 490 g/mol. The van der Waals surface area contributed by atoms with Crippen LogP contribution in [0.25, 0.3) is 0 Å². The number of amides is 1. The zero-order valence-corrected chi connectivity index (χ0v) is 19.5. The second-order valence-electron chi connectivity index (χ2n) is 7.50. The summed E-state index contributed by atoms with van der Waals surface area (Å²) in [5, 5.41) is 2.36. The molecule has 1 amide bonds. The number of nitrogens with zero attached hydrogens (tertiary/aromatic N) is 2. The van der Waals surface area contributed by atoms with Crippen molar-refractivity contribution in [2.45, 2.75) is 23.8 Å². The minimum absolute atomic E-state index is 0.0740. The number of nitrogens with one attached hydrogen (secondary N) is 1. The number of benzene rings is 3. The topological polar surface area (TPSA) is 69.7 Å². The molecule has 0 aliphatic carbocycles. The maximum atomic E-state index is 13.8. The number of sulfonamides is 1. The summed E-state index contributed by atoms with van der Waals surface area (Å²) in [6, 6.07) is 22.1. The lowest BCUT2D eigenvalue weighted by molar-refractivity contribution is -0.127. The highest BCUT2D eigenvalue weighted by atomic mass is 35.5. The maximum absolute atomic E-state index is 13.8. The predicted octanol–water partition coefficient (Wildman–Crippen LogP) is 4.79. The van der Waals surface area contributed by atoms with Crippen molar-refractivity contribution in [3.63, 3.8) is 0 Å². The number of rotatable bonds is 5. The Kier molecular flexibility index (Phi) is 6.55. The minimum atomic E-state index is -4.05. The monoisotopic (exact) mass is 489 g/mol. The van der Waals surface area contributed by atoms with Crippen LogP contribution in [-0.2, 0) is 14.8 Å². The van der Waals surface area contributed by atoms with Crippen LogP contribution in [0, 0.1) is 0 Å². The van der Waals surface area contributed by atoms with Crippen molar-refractivity contribution in [1.82, 2.24) is 15.0 Å². The van der Waals surface area contributed by atoms with E-state index >= 15 is 0 Å². The Morgan fingerprint density at radius 2 is 1.44 bits per heavy atom. The van der Waals surface area contributed by atoms with Crippen LogP contribution < -0.4 is 5.43 Å². The molecule has 6 nitrogen and oxygen atoms in total. The van der Waals surface area contributed by atoms with E-state index in [4.69, 9.17) is 23.2 Å². The van der Waals surface area contributed by atoms with Gasteiger partial charge in [-0.1, -0.05) is 65.7 Å². The van der Waals surface area contributed by atoms with E-state index in [1.807, 2.05) is 42.5 Å². The molecule has 1 heterocycles. The van der Waals surface area contributed by atoms with Crippen molar-refractivity contribution in [2.75, 3.05) is 6.54 Å². The van der Waals surface area contributed by atoms with Crippen molar-refractivity contribution in [3.05, 3.63) is 100 Å². The molecular formula is C23H21Cl2N3O3S. The van der Waals surface area contributed by atoms with Gasteiger partial charge in [0.25, 0.3) is 10.0 Å². The first-order valence-corrected chi connectivity index (χ1v) is 12.1.